The molecule has 0 aliphatic rings. The molecule has 0 saturated carbocycles. The second-order valence-electron chi connectivity index (χ2n) is 2.94. The highest BCUT2D eigenvalue weighted by Crippen LogP contribution is 2.03. The lowest BCUT2D eigenvalue weighted by Gasteiger charge is -2.02. The van der Waals surface area contributed by atoms with Gasteiger partial charge < -0.3 is 5.32 Å². The van der Waals surface area contributed by atoms with Gasteiger partial charge in [-0.2, -0.15) is 0 Å². The Morgan fingerprint density at radius 2 is 2.31 bits per heavy atom. The van der Waals surface area contributed by atoms with Crippen LogP contribution in [0.3, 0.4) is 0 Å². The van der Waals surface area contributed by atoms with E-state index in [1.165, 1.54) is 11.1 Å². The Balaban J connectivity index is 2.41. The molecule has 0 aliphatic heterocycles. The normalized spacial score (nSPS) is 9.69. The van der Waals surface area contributed by atoms with Crippen LogP contribution in [0.15, 0.2) is 24.3 Å². The van der Waals surface area contributed by atoms with Crippen molar-refractivity contribution in [3.8, 4) is 0 Å². The van der Waals surface area contributed by atoms with Crippen LogP contribution < -0.4 is 5.32 Å². The zero-order valence-corrected chi connectivity index (χ0v) is 9.10. The van der Waals surface area contributed by atoms with Crippen molar-refractivity contribution in [2.24, 2.45) is 0 Å². The monoisotopic (exact) mass is 241 g/mol. The molecule has 1 N–H and O–H groups in total. The first-order valence-corrected chi connectivity index (χ1v) is 4.96. The third-order valence-electron chi connectivity index (χ3n) is 1.76. The molecular formula is C10H12BrNO. The lowest BCUT2D eigenvalue weighted by Crippen LogP contribution is -2.18. The summed E-state index contributed by atoms with van der Waals surface area (Å²) in [6.45, 7) is 2.74. The van der Waals surface area contributed by atoms with E-state index in [2.05, 4.69) is 46.4 Å². The molecule has 3 heteroatoms. The first-order chi connectivity index (χ1) is 6.18. The molecule has 1 rings (SSSR count). The van der Waals surface area contributed by atoms with Gasteiger partial charge in [0.1, 0.15) is 0 Å². The number of carbonyl (C=O) groups excluding carboxylic acids is 1. The largest absolute Gasteiger partial charge is 0.346 e. The zero-order chi connectivity index (χ0) is 9.68. The summed E-state index contributed by atoms with van der Waals surface area (Å²) in [6.07, 6.45) is 0.874. The molecule has 1 aromatic carbocycles. The molecule has 0 aromatic heterocycles. The zero-order valence-electron chi connectivity index (χ0n) is 7.51. The number of hydrogen-bond acceptors (Lipinski definition) is 1. The van der Waals surface area contributed by atoms with Gasteiger partial charge in [-0.05, 0) is 18.9 Å². The average molecular weight is 242 g/mol. The van der Waals surface area contributed by atoms with Gasteiger partial charge >= 0.3 is 0 Å². The fourth-order valence-corrected chi connectivity index (χ4v) is 1.37. The van der Waals surface area contributed by atoms with Gasteiger partial charge in [0.2, 0.25) is 0 Å². The van der Waals surface area contributed by atoms with E-state index in [1.807, 2.05) is 6.07 Å². The maximum Gasteiger partial charge on any atom is 0.287 e. The van der Waals surface area contributed by atoms with Crippen LogP contribution in [0.5, 0.6) is 0 Å². The van der Waals surface area contributed by atoms with Crippen molar-refractivity contribution in [2.75, 3.05) is 6.54 Å². The maximum absolute atomic E-state index is 10.5. The first-order valence-electron chi connectivity index (χ1n) is 4.17. The second-order valence-corrected chi connectivity index (χ2v) is 3.66. The van der Waals surface area contributed by atoms with E-state index in [4.69, 9.17) is 0 Å². The summed E-state index contributed by atoms with van der Waals surface area (Å²) >= 11 is 2.81. The maximum atomic E-state index is 10.5. The average Bonchev–Trinajstić information content (AvgIpc) is 2.03. The third kappa shape index (κ3) is 4.08. The summed E-state index contributed by atoms with van der Waals surface area (Å²) in [6, 6.07) is 8.28. The first kappa shape index (κ1) is 10.3. The highest BCUT2D eigenvalue weighted by Gasteiger charge is 1.95. The van der Waals surface area contributed by atoms with Gasteiger partial charge in [-0.1, -0.05) is 29.8 Å². The van der Waals surface area contributed by atoms with Gasteiger partial charge in [-0.15, -0.1) is 0 Å². The quantitative estimate of drug-likeness (QED) is 0.640. The molecule has 0 saturated heterocycles. The predicted molar refractivity (Wildman–Crippen MR) is 57.2 cm³/mol. The minimum absolute atomic E-state index is 0.153. The van der Waals surface area contributed by atoms with E-state index in [9.17, 15) is 4.79 Å². The summed E-state index contributed by atoms with van der Waals surface area (Å²) in [7, 11) is 0. The molecule has 1 aromatic rings. The smallest absolute Gasteiger partial charge is 0.287 e. The molecule has 70 valence electrons. The van der Waals surface area contributed by atoms with Crippen molar-refractivity contribution in [1.82, 2.24) is 5.32 Å². The molecule has 0 bridgehead atoms. The van der Waals surface area contributed by atoms with Gasteiger partial charge in [0, 0.05) is 22.5 Å². The van der Waals surface area contributed by atoms with Crippen LogP contribution in [-0.2, 0) is 6.42 Å². The minimum Gasteiger partial charge on any atom is -0.346 e. The lowest BCUT2D eigenvalue weighted by atomic mass is 10.1. The van der Waals surface area contributed by atoms with Gasteiger partial charge in [0.25, 0.3) is 4.82 Å². The Bertz CT molecular complexity index is 299. The van der Waals surface area contributed by atoms with Crippen molar-refractivity contribution >= 4 is 20.7 Å². The van der Waals surface area contributed by atoms with Crippen LogP contribution in [0, 0.1) is 6.92 Å². The fraction of sp³-hybridized carbons (Fsp3) is 0.300. The Morgan fingerprint density at radius 3 is 2.92 bits per heavy atom. The van der Waals surface area contributed by atoms with Crippen molar-refractivity contribution < 1.29 is 4.79 Å². The number of amides is 1. The summed E-state index contributed by atoms with van der Waals surface area (Å²) in [5.74, 6) is 0. The van der Waals surface area contributed by atoms with Gasteiger partial charge in [0.05, 0.1) is 0 Å². The number of halogens is 1. The molecule has 0 heterocycles. The molecule has 1 amide bonds. The minimum atomic E-state index is -0.153. The molecule has 0 atom stereocenters. The SMILES string of the molecule is Cc1cccc(CCNC(=O)Br)c1. The van der Waals surface area contributed by atoms with Gasteiger partial charge in [-0.25, -0.2) is 0 Å². The summed E-state index contributed by atoms with van der Waals surface area (Å²) in [5, 5.41) is 2.69. The second kappa shape index (κ2) is 5.02. The number of rotatable bonds is 3. The van der Waals surface area contributed by atoms with Crippen molar-refractivity contribution in [2.45, 2.75) is 13.3 Å². The number of aryl methyl sites for hydroxylation is 1. The van der Waals surface area contributed by atoms with Crippen LogP contribution in [0.25, 0.3) is 0 Å². The van der Waals surface area contributed by atoms with E-state index in [1.54, 1.807) is 0 Å². The van der Waals surface area contributed by atoms with Crippen LogP contribution in [-0.4, -0.2) is 11.4 Å². The standard InChI is InChI=1S/C10H12BrNO/c1-8-3-2-4-9(7-8)5-6-12-10(11)13/h2-4,7H,5-6H2,1H3,(H,12,13). The van der Waals surface area contributed by atoms with Crippen LogP contribution in [0.1, 0.15) is 11.1 Å². The summed E-state index contributed by atoms with van der Waals surface area (Å²) in [5.41, 5.74) is 2.50. The fourth-order valence-electron chi connectivity index (χ4n) is 1.17. The molecule has 0 spiro atoms. The van der Waals surface area contributed by atoms with E-state index in [0.29, 0.717) is 6.54 Å². The molecule has 2 nitrogen and oxygen atoms in total. The highest BCUT2D eigenvalue weighted by atomic mass is 79.9. The number of nitrogens with one attached hydrogen (secondary N) is 1. The summed E-state index contributed by atoms with van der Waals surface area (Å²) in [4.78, 5) is 10.4. The molecule has 13 heavy (non-hydrogen) atoms. The number of hydrogen-bond donors (Lipinski definition) is 1. The van der Waals surface area contributed by atoms with E-state index < -0.39 is 0 Å². The molecule has 0 radical (unpaired) electrons. The Morgan fingerprint density at radius 1 is 1.54 bits per heavy atom. The molecule has 0 unspecified atom stereocenters. The van der Waals surface area contributed by atoms with Crippen LogP contribution in [0.4, 0.5) is 4.79 Å². The lowest BCUT2D eigenvalue weighted by molar-refractivity contribution is 0.262. The molecule has 0 aliphatic carbocycles. The Labute approximate surface area is 86.5 Å². The molecule has 0 fully saturated rings. The topological polar surface area (TPSA) is 29.1 Å². The molecular weight excluding hydrogens is 230 g/mol. The van der Waals surface area contributed by atoms with Crippen molar-refractivity contribution in [3.05, 3.63) is 35.4 Å². The Hall–Kier alpha value is -0.830. The number of benzene rings is 1. The number of carbonyl (C=O) groups is 1. The predicted octanol–water partition coefficient (Wildman–Crippen LogP) is 2.64. The van der Waals surface area contributed by atoms with E-state index in [0.717, 1.165) is 6.42 Å². The van der Waals surface area contributed by atoms with E-state index in [-0.39, 0.29) is 4.82 Å². The third-order valence-corrected chi connectivity index (χ3v) is 2.04. The van der Waals surface area contributed by atoms with Gasteiger partial charge in [-0.3, -0.25) is 4.79 Å². The van der Waals surface area contributed by atoms with Crippen LogP contribution in [0.2, 0.25) is 0 Å². The van der Waals surface area contributed by atoms with Crippen molar-refractivity contribution in [1.29, 1.82) is 0 Å². The van der Waals surface area contributed by atoms with Crippen LogP contribution >= 0.6 is 15.9 Å². The highest BCUT2D eigenvalue weighted by molar-refractivity contribution is 9.18. The van der Waals surface area contributed by atoms with E-state index >= 15 is 0 Å². The summed E-state index contributed by atoms with van der Waals surface area (Å²) < 4.78 is 0. The van der Waals surface area contributed by atoms with Gasteiger partial charge in [0.15, 0.2) is 0 Å². The Kier molecular flexibility index (Phi) is 3.96. The van der Waals surface area contributed by atoms with Crippen molar-refractivity contribution in [3.63, 3.8) is 0 Å².